The topological polar surface area (TPSA) is 41.6 Å². The molecule has 21 heavy (non-hydrogen) atoms. The monoisotopic (exact) mass is 288 g/mol. The van der Waals surface area contributed by atoms with Gasteiger partial charge in [0.2, 0.25) is 0 Å². The Kier molecular flexibility index (Phi) is 4.44. The molecule has 1 N–H and O–H groups in total. The lowest BCUT2D eigenvalue weighted by Crippen LogP contribution is -2.38. The molecule has 0 radical (unpaired) electrons. The van der Waals surface area contributed by atoms with Crippen LogP contribution in [0.25, 0.3) is 0 Å². The summed E-state index contributed by atoms with van der Waals surface area (Å²) in [4.78, 5) is 14.4. The number of hydrogen-bond acceptors (Lipinski definition) is 3. The molecule has 0 bridgehead atoms. The molecule has 1 aromatic rings. The first-order chi connectivity index (χ1) is 10.2. The predicted octanol–water partition coefficient (Wildman–Crippen LogP) is 2.44. The Bertz CT molecular complexity index is 491. The van der Waals surface area contributed by atoms with E-state index < -0.39 is 0 Å². The van der Waals surface area contributed by atoms with Crippen molar-refractivity contribution in [3.63, 3.8) is 0 Å². The highest BCUT2D eigenvalue weighted by Gasteiger charge is 2.24. The van der Waals surface area contributed by atoms with Gasteiger partial charge in [-0.3, -0.25) is 4.79 Å². The highest BCUT2D eigenvalue weighted by molar-refractivity contribution is 5.94. The van der Waals surface area contributed by atoms with Gasteiger partial charge in [-0.25, -0.2) is 0 Å². The van der Waals surface area contributed by atoms with E-state index in [1.54, 1.807) is 0 Å². The molecule has 3 rings (SSSR count). The number of hydrogen-bond donors (Lipinski definition) is 1. The molecular weight excluding hydrogens is 264 g/mol. The van der Waals surface area contributed by atoms with Gasteiger partial charge in [0.1, 0.15) is 5.75 Å². The minimum Gasteiger partial charge on any atom is -0.490 e. The van der Waals surface area contributed by atoms with Gasteiger partial charge in [-0.1, -0.05) is 6.07 Å². The van der Waals surface area contributed by atoms with Gasteiger partial charge < -0.3 is 15.0 Å². The lowest BCUT2D eigenvalue weighted by molar-refractivity contribution is 0.0743. The summed E-state index contributed by atoms with van der Waals surface area (Å²) >= 11 is 0. The van der Waals surface area contributed by atoms with Crippen molar-refractivity contribution in [1.82, 2.24) is 10.2 Å². The SMILES string of the molecule is CN(C(=O)c1cccc(OC2CCCC2)c1)C1CCNC1. The van der Waals surface area contributed by atoms with Gasteiger partial charge in [-0.05, 0) is 56.8 Å². The number of likely N-dealkylation sites (N-methyl/N-ethyl adjacent to an activating group) is 1. The zero-order valence-corrected chi connectivity index (χ0v) is 12.7. The smallest absolute Gasteiger partial charge is 0.254 e. The summed E-state index contributed by atoms with van der Waals surface area (Å²) in [7, 11) is 1.89. The van der Waals surface area contributed by atoms with E-state index in [1.807, 2.05) is 36.2 Å². The second-order valence-corrected chi connectivity index (χ2v) is 6.11. The molecule has 1 aliphatic carbocycles. The highest BCUT2D eigenvalue weighted by atomic mass is 16.5. The van der Waals surface area contributed by atoms with Crippen molar-refractivity contribution >= 4 is 5.91 Å². The van der Waals surface area contributed by atoms with Gasteiger partial charge in [0.25, 0.3) is 5.91 Å². The Morgan fingerprint density at radius 3 is 2.81 bits per heavy atom. The van der Waals surface area contributed by atoms with Crippen molar-refractivity contribution in [3.05, 3.63) is 29.8 Å². The molecule has 1 unspecified atom stereocenters. The number of rotatable bonds is 4. The standard InChI is InChI=1S/C17H24N2O2/c1-19(14-9-10-18-12-14)17(20)13-5-4-8-16(11-13)21-15-6-2-3-7-15/h4-5,8,11,14-15,18H,2-3,6-7,9-10,12H2,1H3. The van der Waals surface area contributed by atoms with E-state index >= 15 is 0 Å². The largest absolute Gasteiger partial charge is 0.490 e. The molecule has 1 heterocycles. The van der Waals surface area contributed by atoms with Crippen LogP contribution in [-0.2, 0) is 0 Å². The van der Waals surface area contributed by atoms with Gasteiger partial charge >= 0.3 is 0 Å². The average Bonchev–Trinajstić information content (AvgIpc) is 3.19. The molecule has 2 aliphatic rings. The third-order valence-electron chi connectivity index (χ3n) is 4.59. The zero-order valence-electron chi connectivity index (χ0n) is 12.7. The maximum Gasteiger partial charge on any atom is 0.254 e. The van der Waals surface area contributed by atoms with E-state index in [-0.39, 0.29) is 5.91 Å². The van der Waals surface area contributed by atoms with E-state index in [2.05, 4.69) is 5.32 Å². The molecule has 4 nitrogen and oxygen atoms in total. The molecule has 1 aliphatic heterocycles. The van der Waals surface area contributed by atoms with Gasteiger partial charge in [0.05, 0.1) is 6.10 Å². The van der Waals surface area contributed by atoms with E-state index in [9.17, 15) is 4.79 Å². The molecule has 1 saturated carbocycles. The fraction of sp³-hybridized carbons (Fsp3) is 0.588. The van der Waals surface area contributed by atoms with Crippen LogP contribution in [0.2, 0.25) is 0 Å². The van der Waals surface area contributed by atoms with Crippen LogP contribution in [0.1, 0.15) is 42.5 Å². The summed E-state index contributed by atoms with van der Waals surface area (Å²) < 4.78 is 5.99. The van der Waals surface area contributed by atoms with Crippen LogP contribution in [0.15, 0.2) is 24.3 Å². The summed E-state index contributed by atoms with van der Waals surface area (Å²) in [5.74, 6) is 0.909. The molecule has 1 atom stereocenters. The number of carbonyl (C=O) groups is 1. The summed E-state index contributed by atoms with van der Waals surface area (Å²) in [5, 5.41) is 3.30. The Balaban J connectivity index is 1.67. The molecule has 1 saturated heterocycles. The van der Waals surface area contributed by atoms with Crippen molar-refractivity contribution < 1.29 is 9.53 Å². The molecular formula is C17H24N2O2. The molecule has 1 aromatic carbocycles. The van der Waals surface area contributed by atoms with Crippen molar-refractivity contribution in [3.8, 4) is 5.75 Å². The number of benzene rings is 1. The van der Waals surface area contributed by atoms with E-state index in [1.165, 1.54) is 12.8 Å². The van der Waals surface area contributed by atoms with Crippen LogP contribution < -0.4 is 10.1 Å². The van der Waals surface area contributed by atoms with Crippen LogP contribution in [0, 0.1) is 0 Å². The van der Waals surface area contributed by atoms with E-state index in [0.29, 0.717) is 12.1 Å². The first-order valence-electron chi connectivity index (χ1n) is 7.98. The third kappa shape index (κ3) is 3.38. The molecule has 114 valence electrons. The minimum atomic E-state index is 0.0839. The van der Waals surface area contributed by atoms with Crippen LogP contribution in [0.3, 0.4) is 0 Å². The van der Waals surface area contributed by atoms with E-state index in [0.717, 1.165) is 43.7 Å². The first-order valence-corrected chi connectivity index (χ1v) is 7.98. The summed E-state index contributed by atoms with van der Waals surface area (Å²) in [6, 6.07) is 7.93. The second kappa shape index (κ2) is 6.48. The number of amides is 1. The van der Waals surface area contributed by atoms with Gasteiger partial charge in [-0.15, -0.1) is 0 Å². The molecule has 1 amide bonds. The Hall–Kier alpha value is -1.55. The predicted molar refractivity (Wildman–Crippen MR) is 82.7 cm³/mol. The number of carbonyl (C=O) groups excluding carboxylic acids is 1. The molecule has 4 heteroatoms. The van der Waals surface area contributed by atoms with Gasteiger partial charge in [-0.2, -0.15) is 0 Å². The quantitative estimate of drug-likeness (QED) is 0.925. The van der Waals surface area contributed by atoms with Gasteiger partial charge in [0, 0.05) is 25.2 Å². The van der Waals surface area contributed by atoms with Crippen LogP contribution in [-0.4, -0.2) is 43.1 Å². The summed E-state index contributed by atoms with van der Waals surface area (Å²) in [6.45, 7) is 1.88. The third-order valence-corrected chi connectivity index (χ3v) is 4.59. The number of ether oxygens (including phenoxy) is 1. The van der Waals surface area contributed by atoms with E-state index in [4.69, 9.17) is 4.74 Å². The van der Waals surface area contributed by atoms with Crippen LogP contribution in [0.5, 0.6) is 5.75 Å². The maximum atomic E-state index is 12.6. The Morgan fingerprint density at radius 2 is 2.10 bits per heavy atom. The minimum absolute atomic E-state index is 0.0839. The molecule has 0 spiro atoms. The highest BCUT2D eigenvalue weighted by Crippen LogP contribution is 2.25. The van der Waals surface area contributed by atoms with Crippen molar-refractivity contribution in [2.45, 2.75) is 44.2 Å². The van der Waals surface area contributed by atoms with Gasteiger partial charge in [0.15, 0.2) is 0 Å². The first kappa shape index (κ1) is 14.4. The fourth-order valence-corrected chi connectivity index (χ4v) is 3.24. The zero-order chi connectivity index (χ0) is 14.7. The summed E-state index contributed by atoms with van der Waals surface area (Å²) in [5.41, 5.74) is 0.722. The lowest BCUT2D eigenvalue weighted by atomic mass is 10.1. The Labute approximate surface area is 126 Å². The fourth-order valence-electron chi connectivity index (χ4n) is 3.24. The normalized spacial score (nSPS) is 22.4. The van der Waals surface area contributed by atoms with Crippen LogP contribution >= 0.6 is 0 Å². The van der Waals surface area contributed by atoms with Crippen LogP contribution in [0.4, 0.5) is 0 Å². The second-order valence-electron chi connectivity index (χ2n) is 6.11. The molecule has 2 fully saturated rings. The summed E-state index contributed by atoms with van der Waals surface area (Å²) in [6.07, 6.45) is 6.12. The van der Waals surface area contributed by atoms with Crippen molar-refractivity contribution in [1.29, 1.82) is 0 Å². The number of nitrogens with one attached hydrogen (secondary N) is 1. The molecule has 0 aromatic heterocycles. The number of nitrogens with zero attached hydrogens (tertiary/aromatic N) is 1. The maximum absolute atomic E-state index is 12.6. The lowest BCUT2D eigenvalue weighted by Gasteiger charge is -2.24. The average molecular weight is 288 g/mol. The van der Waals surface area contributed by atoms with Crippen molar-refractivity contribution in [2.75, 3.05) is 20.1 Å². The van der Waals surface area contributed by atoms with Crippen molar-refractivity contribution in [2.24, 2.45) is 0 Å². The Morgan fingerprint density at radius 1 is 1.29 bits per heavy atom.